The summed E-state index contributed by atoms with van der Waals surface area (Å²) in [5.41, 5.74) is 0. The van der Waals surface area contributed by atoms with Gasteiger partial charge in [-0.1, -0.05) is 0 Å². The van der Waals surface area contributed by atoms with Crippen LogP contribution in [0.5, 0.6) is 0 Å². The lowest BCUT2D eigenvalue weighted by Crippen LogP contribution is -2.43. The monoisotopic (exact) mass is 194 g/mol. The van der Waals surface area contributed by atoms with Crippen LogP contribution in [-0.4, -0.2) is 51.1 Å². The smallest absolute Gasteiger partial charge is 0.189 e. The van der Waals surface area contributed by atoms with Gasteiger partial charge in [0.05, 0.1) is 12.9 Å². The zero-order valence-corrected chi connectivity index (χ0v) is 6.67. The molecule has 6 heteroatoms. The quantitative estimate of drug-likeness (QED) is 0.384. The fourth-order valence-electron chi connectivity index (χ4n) is 0.647. The molecule has 0 aliphatic heterocycles. The van der Waals surface area contributed by atoms with E-state index in [0.29, 0.717) is 6.08 Å². The molecule has 0 spiro atoms. The predicted molar refractivity (Wildman–Crippen MR) is 40.4 cm³/mol. The maximum atomic E-state index is 11.4. The molecule has 76 valence electrons. The highest BCUT2D eigenvalue weighted by Gasteiger charge is 2.28. The second-order valence-electron chi connectivity index (χ2n) is 2.38. The first kappa shape index (κ1) is 12.2. The molecule has 0 radical (unpaired) electrons. The predicted octanol–water partition coefficient (Wildman–Crippen LogP) is -1.89. The second kappa shape index (κ2) is 5.76. The van der Waals surface area contributed by atoms with Crippen LogP contribution in [-0.2, 0) is 4.79 Å². The Hall–Kier alpha value is -0.820. The van der Waals surface area contributed by atoms with Crippen LogP contribution in [0.4, 0.5) is 4.39 Å². The largest absolute Gasteiger partial charge is 0.394 e. The van der Waals surface area contributed by atoms with Gasteiger partial charge in [-0.15, -0.1) is 0 Å². The van der Waals surface area contributed by atoms with Gasteiger partial charge in [0.15, 0.2) is 5.78 Å². The van der Waals surface area contributed by atoms with Gasteiger partial charge < -0.3 is 20.4 Å². The van der Waals surface area contributed by atoms with E-state index in [0.717, 1.165) is 0 Å². The topological polar surface area (TPSA) is 98.0 Å². The molecule has 0 saturated carbocycles. The van der Waals surface area contributed by atoms with Crippen molar-refractivity contribution < 1.29 is 29.6 Å². The molecule has 0 unspecified atom stereocenters. The Kier molecular flexibility index (Phi) is 5.40. The molecule has 0 aliphatic carbocycles. The van der Waals surface area contributed by atoms with Crippen molar-refractivity contribution in [2.24, 2.45) is 0 Å². The molecular formula is C7H11FO5. The maximum Gasteiger partial charge on any atom is 0.189 e. The van der Waals surface area contributed by atoms with Gasteiger partial charge >= 0.3 is 0 Å². The molecule has 0 heterocycles. The van der Waals surface area contributed by atoms with Gasteiger partial charge in [-0.25, -0.2) is 4.39 Å². The highest BCUT2D eigenvalue weighted by molar-refractivity contribution is 5.93. The molecule has 5 nitrogen and oxygen atoms in total. The molecule has 0 rings (SSSR count). The van der Waals surface area contributed by atoms with Gasteiger partial charge in [0.2, 0.25) is 0 Å². The van der Waals surface area contributed by atoms with Crippen LogP contribution in [0.3, 0.4) is 0 Å². The third-order valence-electron chi connectivity index (χ3n) is 1.42. The van der Waals surface area contributed by atoms with Gasteiger partial charge in [0, 0.05) is 6.08 Å². The van der Waals surface area contributed by atoms with Crippen LogP contribution in [0.15, 0.2) is 12.4 Å². The van der Waals surface area contributed by atoms with E-state index in [1.54, 1.807) is 0 Å². The average Bonchev–Trinajstić information content (AvgIpc) is 2.14. The van der Waals surface area contributed by atoms with Crippen molar-refractivity contribution in [2.45, 2.75) is 18.3 Å². The van der Waals surface area contributed by atoms with Crippen molar-refractivity contribution in [3.63, 3.8) is 0 Å². The minimum absolute atomic E-state index is 0.0937. The molecule has 13 heavy (non-hydrogen) atoms. The van der Waals surface area contributed by atoms with Crippen molar-refractivity contribution in [3.05, 3.63) is 12.4 Å². The fourth-order valence-corrected chi connectivity index (χ4v) is 0.647. The Morgan fingerprint density at radius 1 is 1.38 bits per heavy atom. The molecule has 0 aliphatic rings. The lowest BCUT2D eigenvalue weighted by atomic mass is 10.1. The Balaban J connectivity index is 4.24. The summed E-state index contributed by atoms with van der Waals surface area (Å²) in [6, 6.07) is 0. The molecule has 0 aromatic carbocycles. The maximum absolute atomic E-state index is 11.4. The molecule has 0 aromatic heterocycles. The number of carbonyl (C=O) groups is 1. The van der Waals surface area contributed by atoms with Crippen LogP contribution in [0.1, 0.15) is 0 Å². The van der Waals surface area contributed by atoms with Crippen molar-refractivity contribution >= 4 is 5.78 Å². The summed E-state index contributed by atoms with van der Waals surface area (Å²) in [6.45, 7) is -0.801. The zero-order chi connectivity index (χ0) is 10.4. The minimum atomic E-state index is -1.94. The van der Waals surface area contributed by atoms with Crippen molar-refractivity contribution in [3.8, 4) is 0 Å². The summed E-state index contributed by atoms with van der Waals surface area (Å²) in [4.78, 5) is 10.7. The Bertz CT molecular complexity index is 193. The molecule has 0 amide bonds. The summed E-state index contributed by atoms with van der Waals surface area (Å²) in [6.07, 6.45) is -5.07. The van der Waals surface area contributed by atoms with E-state index in [2.05, 4.69) is 0 Å². The molecular weight excluding hydrogens is 183 g/mol. The number of aliphatic hydroxyl groups is 4. The second-order valence-corrected chi connectivity index (χ2v) is 2.38. The third-order valence-corrected chi connectivity index (χ3v) is 1.42. The van der Waals surface area contributed by atoms with E-state index < -0.39 is 30.7 Å². The van der Waals surface area contributed by atoms with Crippen LogP contribution in [0, 0.1) is 0 Å². The number of hydrogen-bond donors (Lipinski definition) is 4. The zero-order valence-electron chi connectivity index (χ0n) is 6.67. The number of hydrogen-bond acceptors (Lipinski definition) is 5. The highest BCUT2D eigenvalue weighted by Crippen LogP contribution is 2.02. The summed E-state index contributed by atoms with van der Waals surface area (Å²) < 4.78 is 11.4. The molecule has 3 atom stereocenters. The molecule has 4 N–H and O–H groups in total. The molecule has 0 bridgehead atoms. The first-order valence-electron chi connectivity index (χ1n) is 3.50. The van der Waals surface area contributed by atoms with Gasteiger partial charge in [-0.2, -0.15) is 0 Å². The lowest BCUT2D eigenvalue weighted by molar-refractivity contribution is -0.135. The van der Waals surface area contributed by atoms with Crippen molar-refractivity contribution in [1.82, 2.24) is 0 Å². The molecule has 0 aromatic rings. The Labute approximate surface area is 73.7 Å². The average molecular weight is 194 g/mol. The van der Waals surface area contributed by atoms with Gasteiger partial charge in [0.25, 0.3) is 0 Å². The van der Waals surface area contributed by atoms with E-state index in [9.17, 15) is 9.18 Å². The first-order valence-corrected chi connectivity index (χ1v) is 3.50. The van der Waals surface area contributed by atoms with E-state index in [-0.39, 0.29) is 6.33 Å². The lowest BCUT2D eigenvalue weighted by Gasteiger charge is -2.18. The minimum Gasteiger partial charge on any atom is -0.394 e. The van der Waals surface area contributed by atoms with E-state index in [1.165, 1.54) is 0 Å². The summed E-state index contributed by atoms with van der Waals surface area (Å²) in [5, 5.41) is 35.0. The number of carbonyl (C=O) groups excluding carboxylic acids is 1. The fraction of sp³-hybridized carbons (Fsp3) is 0.571. The van der Waals surface area contributed by atoms with Crippen molar-refractivity contribution in [1.29, 1.82) is 0 Å². The molecule has 0 saturated heterocycles. The number of aliphatic hydroxyl groups excluding tert-OH is 4. The van der Waals surface area contributed by atoms with Crippen molar-refractivity contribution in [2.75, 3.05) is 6.61 Å². The van der Waals surface area contributed by atoms with Crippen LogP contribution in [0.2, 0.25) is 0 Å². The number of halogens is 1. The highest BCUT2D eigenvalue weighted by atomic mass is 19.1. The van der Waals surface area contributed by atoms with Crippen LogP contribution < -0.4 is 0 Å². The summed E-state index contributed by atoms with van der Waals surface area (Å²) >= 11 is 0. The Morgan fingerprint density at radius 3 is 2.31 bits per heavy atom. The SMILES string of the molecule is O=C(C=CF)[C@H](O)[C@H](O)[C@@H](O)CO. The van der Waals surface area contributed by atoms with E-state index >= 15 is 0 Å². The summed E-state index contributed by atoms with van der Waals surface area (Å²) in [7, 11) is 0. The standard InChI is InChI=1S/C7H11FO5/c8-2-1-4(10)6(12)7(13)5(11)3-9/h1-2,5-7,9,11-13H,3H2/t5-,6-,7+/m0/s1. The first-order chi connectivity index (χ1) is 6.04. The normalized spacial score (nSPS) is 18.5. The number of rotatable bonds is 5. The number of ketones is 1. The van der Waals surface area contributed by atoms with Crippen LogP contribution >= 0.6 is 0 Å². The van der Waals surface area contributed by atoms with Crippen LogP contribution in [0.25, 0.3) is 0 Å². The van der Waals surface area contributed by atoms with Gasteiger partial charge in [-0.05, 0) is 0 Å². The van der Waals surface area contributed by atoms with Gasteiger partial charge in [0.1, 0.15) is 18.3 Å². The van der Waals surface area contributed by atoms with Gasteiger partial charge in [-0.3, -0.25) is 4.79 Å². The third kappa shape index (κ3) is 3.60. The van der Waals surface area contributed by atoms with E-state index in [1.807, 2.05) is 0 Å². The Morgan fingerprint density at radius 2 is 1.92 bits per heavy atom. The molecule has 0 fully saturated rings. The summed E-state index contributed by atoms with van der Waals surface area (Å²) in [5.74, 6) is -1.08. The van der Waals surface area contributed by atoms with E-state index in [4.69, 9.17) is 20.4 Å².